The van der Waals surface area contributed by atoms with Crippen molar-refractivity contribution in [1.82, 2.24) is 9.97 Å². The van der Waals surface area contributed by atoms with Gasteiger partial charge >= 0.3 is 5.97 Å². The Labute approximate surface area is 162 Å². The van der Waals surface area contributed by atoms with Gasteiger partial charge in [-0.1, -0.05) is 24.3 Å². The van der Waals surface area contributed by atoms with E-state index in [9.17, 15) is 9.90 Å². The summed E-state index contributed by atoms with van der Waals surface area (Å²) in [6.45, 7) is 3.82. The first-order valence-electron chi connectivity index (χ1n) is 8.84. The topological polar surface area (TPSA) is 76.2 Å². The number of aromatic carboxylic acids is 1. The van der Waals surface area contributed by atoms with E-state index in [-0.39, 0.29) is 5.56 Å². The van der Waals surface area contributed by atoms with Crippen molar-refractivity contribution in [3.8, 4) is 33.8 Å². The number of aryl methyl sites for hydroxylation is 2. The summed E-state index contributed by atoms with van der Waals surface area (Å²) in [6, 6.07) is 16.9. The number of benzene rings is 2. The quantitative estimate of drug-likeness (QED) is 0.521. The highest BCUT2D eigenvalue weighted by Gasteiger charge is 2.11. The summed E-state index contributed by atoms with van der Waals surface area (Å²) in [5.74, 6) is -0.322. The predicted molar refractivity (Wildman–Crippen MR) is 107 cm³/mol. The van der Waals surface area contributed by atoms with E-state index in [1.54, 1.807) is 24.7 Å². The molecule has 0 bridgehead atoms. The second-order valence-corrected chi connectivity index (χ2v) is 6.70. The number of carboxylic acids is 1. The highest BCUT2D eigenvalue weighted by molar-refractivity contribution is 5.90. The van der Waals surface area contributed by atoms with E-state index in [0.29, 0.717) is 5.82 Å². The van der Waals surface area contributed by atoms with E-state index < -0.39 is 5.97 Å². The molecule has 28 heavy (non-hydrogen) atoms. The standard InChI is InChI=1S/C23H18N2O3/c1-14-8-19(12-20(9-14)23(26)27)16-4-3-5-17(11-16)22-24-15(2)10-21(25-22)18-6-7-28-13-18/h3-13H,1-2H3,(H,26,27). The van der Waals surface area contributed by atoms with Crippen LogP contribution in [-0.2, 0) is 0 Å². The number of carboxylic acid groups (broad SMARTS) is 1. The lowest BCUT2D eigenvalue weighted by atomic mass is 9.98. The first kappa shape index (κ1) is 17.7. The number of nitrogens with zero attached hydrogens (tertiary/aromatic N) is 2. The minimum absolute atomic E-state index is 0.273. The summed E-state index contributed by atoms with van der Waals surface area (Å²) in [5.41, 5.74) is 6.35. The molecule has 138 valence electrons. The molecule has 2 aromatic heterocycles. The third-order valence-corrected chi connectivity index (χ3v) is 4.45. The Bertz CT molecular complexity index is 1160. The smallest absolute Gasteiger partial charge is 0.335 e. The van der Waals surface area contributed by atoms with Gasteiger partial charge in [0.15, 0.2) is 5.82 Å². The lowest BCUT2D eigenvalue weighted by Gasteiger charge is -2.09. The molecule has 2 heterocycles. The summed E-state index contributed by atoms with van der Waals surface area (Å²) >= 11 is 0. The minimum Gasteiger partial charge on any atom is -0.478 e. The fourth-order valence-electron chi connectivity index (χ4n) is 3.17. The Hall–Kier alpha value is -3.73. The molecule has 4 rings (SSSR count). The number of hydrogen-bond acceptors (Lipinski definition) is 4. The molecule has 1 N–H and O–H groups in total. The van der Waals surface area contributed by atoms with Crippen molar-refractivity contribution in [3.63, 3.8) is 0 Å². The van der Waals surface area contributed by atoms with Crippen LogP contribution in [0.4, 0.5) is 0 Å². The Kier molecular flexibility index (Phi) is 4.49. The summed E-state index contributed by atoms with van der Waals surface area (Å²) < 4.78 is 5.16. The number of hydrogen-bond donors (Lipinski definition) is 1. The number of aromatic nitrogens is 2. The Morgan fingerprint density at radius 1 is 0.893 bits per heavy atom. The van der Waals surface area contributed by atoms with E-state index in [0.717, 1.165) is 39.2 Å². The molecule has 4 aromatic rings. The van der Waals surface area contributed by atoms with Crippen molar-refractivity contribution in [3.05, 3.63) is 83.9 Å². The van der Waals surface area contributed by atoms with Gasteiger partial charge in [-0.2, -0.15) is 0 Å². The van der Waals surface area contributed by atoms with Gasteiger partial charge in [0.05, 0.1) is 23.8 Å². The first-order valence-corrected chi connectivity index (χ1v) is 8.84. The van der Waals surface area contributed by atoms with Crippen molar-refractivity contribution in [1.29, 1.82) is 0 Å². The summed E-state index contributed by atoms with van der Waals surface area (Å²) in [5, 5.41) is 9.34. The normalized spacial score (nSPS) is 10.8. The monoisotopic (exact) mass is 370 g/mol. The first-order chi connectivity index (χ1) is 13.5. The zero-order valence-corrected chi connectivity index (χ0v) is 15.5. The maximum atomic E-state index is 11.4. The molecule has 5 nitrogen and oxygen atoms in total. The van der Waals surface area contributed by atoms with Gasteiger partial charge in [0.25, 0.3) is 0 Å². The van der Waals surface area contributed by atoms with Gasteiger partial charge in [0.2, 0.25) is 0 Å². The minimum atomic E-state index is -0.937. The molecule has 0 radical (unpaired) electrons. The highest BCUT2D eigenvalue weighted by atomic mass is 16.4. The molecular formula is C23H18N2O3. The van der Waals surface area contributed by atoms with Crippen molar-refractivity contribution < 1.29 is 14.3 Å². The fourth-order valence-corrected chi connectivity index (χ4v) is 3.17. The number of rotatable bonds is 4. The van der Waals surface area contributed by atoms with Crippen LogP contribution in [0.3, 0.4) is 0 Å². The number of furan rings is 1. The van der Waals surface area contributed by atoms with E-state index in [2.05, 4.69) is 9.97 Å². The maximum absolute atomic E-state index is 11.4. The maximum Gasteiger partial charge on any atom is 0.335 e. The molecule has 0 amide bonds. The van der Waals surface area contributed by atoms with Crippen LogP contribution >= 0.6 is 0 Å². The SMILES string of the molecule is Cc1cc(C(=O)O)cc(-c2cccc(-c3nc(C)cc(-c4ccoc4)n3)c2)c1. The molecule has 0 saturated heterocycles. The van der Waals surface area contributed by atoms with Gasteiger partial charge in [-0.15, -0.1) is 0 Å². The van der Waals surface area contributed by atoms with Crippen LogP contribution in [0.5, 0.6) is 0 Å². The molecule has 0 aliphatic rings. The molecule has 0 saturated carbocycles. The van der Waals surface area contributed by atoms with Gasteiger partial charge in [-0.25, -0.2) is 14.8 Å². The fraction of sp³-hybridized carbons (Fsp3) is 0.0870. The Balaban J connectivity index is 1.79. The van der Waals surface area contributed by atoms with Crippen LogP contribution in [0.25, 0.3) is 33.8 Å². The molecule has 0 spiro atoms. The van der Waals surface area contributed by atoms with E-state index in [1.165, 1.54) is 0 Å². The molecule has 2 aromatic carbocycles. The van der Waals surface area contributed by atoms with Gasteiger partial charge < -0.3 is 9.52 Å². The van der Waals surface area contributed by atoms with Crippen molar-refractivity contribution in [2.24, 2.45) is 0 Å². The van der Waals surface area contributed by atoms with Crippen LogP contribution in [0.15, 0.2) is 71.5 Å². The molecular weight excluding hydrogens is 352 g/mol. The van der Waals surface area contributed by atoms with E-state index in [1.807, 2.05) is 56.3 Å². The Morgan fingerprint density at radius 2 is 1.71 bits per heavy atom. The average Bonchev–Trinajstić information content (AvgIpc) is 3.22. The van der Waals surface area contributed by atoms with Gasteiger partial charge in [-0.05, 0) is 60.9 Å². The molecule has 5 heteroatoms. The van der Waals surface area contributed by atoms with E-state index in [4.69, 9.17) is 4.42 Å². The average molecular weight is 370 g/mol. The Morgan fingerprint density at radius 3 is 2.46 bits per heavy atom. The van der Waals surface area contributed by atoms with Gasteiger partial charge in [-0.3, -0.25) is 0 Å². The molecule has 0 atom stereocenters. The van der Waals surface area contributed by atoms with Crippen LogP contribution in [0, 0.1) is 13.8 Å². The molecule has 0 fully saturated rings. The van der Waals surface area contributed by atoms with Crippen molar-refractivity contribution in [2.75, 3.05) is 0 Å². The lowest BCUT2D eigenvalue weighted by Crippen LogP contribution is -1.98. The van der Waals surface area contributed by atoms with Crippen LogP contribution < -0.4 is 0 Å². The van der Waals surface area contributed by atoms with Gasteiger partial charge in [0.1, 0.15) is 0 Å². The highest BCUT2D eigenvalue weighted by Crippen LogP contribution is 2.28. The molecule has 0 unspecified atom stereocenters. The zero-order chi connectivity index (χ0) is 19.7. The third kappa shape index (κ3) is 3.55. The summed E-state index contributed by atoms with van der Waals surface area (Å²) in [4.78, 5) is 20.6. The van der Waals surface area contributed by atoms with Crippen molar-refractivity contribution >= 4 is 5.97 Å². The van der Waals surface area contributed by atoms with Gasteiger partial charge in [0, 0.05) is 16.8 Å². The second kappa shape index (κ2) is 7.12. The number of carbonyl (C=O) groups is 1. The lowest BCUT2D eigenvalue weighted by molar-refractivity contribution is 0.0697. The third-order valence-electron chi connectivity index (χ3n) is 4.45. The largest absolute Gasteiger partial charge is 0.478 e. The molecule has 0 aliphatic carbocycles. The van der Waals surface area contributed by atoms with Crippen molar-refractivity contribution in [2.45, 2.75) is 13.8 Å². The molecule has 0 aliphatic heterocycles. The van der Waals surface area contributed by atoms with Crippen LogP contribution in [-0.4, -0.2) is 21.0 Å². The van der Waals surface area contributed by atoms with Crippen LogP contribution in [0.1, 0.15) is 21.6 Å². The zero-order valence-electron chi connectivity index (χ0n) is 15.5. The van der Waals surface area contributed by atoms with E-state index >= 15 is 0 Å². The summed E-state index contributed by atoms with van der Waals surface area (Å²) in [7, 11) is 0. The second-order valence-electron chi connectivity index (χ2n) is 6.70. The predicted octanol–water partition coefficient (Wildman–Crippen LogP) is 5.39. The van der Waals surface area contributed by atoms with Crippen LogP contribution in [0.2, 0.25) is 0 Å². The summed E-state index contributed by atoms with van der Waals surface area (Å²) in [6.07, 6.45) is 3.27.